The number of sulfonamides is 1. The molecule has 1 saturated heterocycles. The number of nitrogens with one attached hydrogen (secondary N) is 1. The van der Waals surface area contributed by atoms with E-state index in [-0.39, 0.29) is 10.8 Å². The first-order valence-electron chi connectivity index (χ1n) is 8.27. The summed E-state index contributed by atoms with van der Waals surface area (Å²) in [6, 6.07) is 6.84. The smallest absolute Gasteiger partial charge is 0.243 e. The first-order chi connectivity index (χ1) is 12.0. The number of rotatable bonds is 6. The van der Waals surface area contributed by atoms with Gasteiger partial charge in [-0.3, -0.25) is 0 Å². The summed E-state index contributed by atoms with van der Waals surface area (Å²) in [7, 11) is -1.95. The lowest BCUT2D eigenvalue weighted by atomic mass is 9.92. The Balaban J connectivity index is 1.68. The molecular weight excluding hydrogens is 342 g/mol. The summed E-state index contributed by atoms with van der Waals surface area (Å²) < 4.78 is 32.3. The van der Waals surface area contributed by atoms with Gasteiger partial charge in [0.25, 0.3) is 0 Å². The number of aliphatic hydroxyl groups excluding tert-OH is 1. The lowest BCUT2D eigenvalue weighted by Gasteiger charge is -2.33. The van der Waals surface area contributed by atoms with Crippen molar-refractivity contribution in [2.45, 2.75) is 30.4 Å². The van der Waals surface area contributed by atoms with Crippen LogP contribution in [0.5, 0.6) is 0 Å². The molecule has 1 aromatic carbocycles. The number of hydrogen-bond donors (Lipinski definition) is 2. The Morgan fingerprint density at radius 3 is 2.80 bits per heavy atom. The molecule has 3 rings (SSSR count). The minimum Gasteiger partial charge on any atom is -0.385 e. The zero-order valence-corrected chi connectivity index (χ0v) is 14.9. The van der Waals surface area contributed by atoms with Crippen molar-refractivity contribution in [2.75, 3.05) is 20.2 Å². The lowest BCUT2D eigenvalue weighted by molar-refractivity contribution is 0.0696. The van der Waals surface area contributed by atoms with E-state index in [4.69, 9.17) is 4.74 Å². The predicted molar refractivity (Wildman–Crippen MR) is 92.2 cm³/mol. The van der Waals surface area contributed by atoms with Crippen molar-refractivity contribution in [1.29, 1.82) is 0 Å². The molecule has 0 aliphatic carbocycles. The van der Waals surface area contributed by atoms with Crippen LogP contribution in [0, 0.1) is 5.92 Å². The number of H-pyrrole nitrogens is 1. The molecule has 136 valence electrons. The number of nitrogens with zero attached hydrogens (tertiary/aromatic N) is 2. The van der Waals surface area contributed by atoms with Crippen LogP contribution < -0.4 is 0 Å². The van der Waals surface area contributed by atoms with Crippen molar-refractivity contribution >= 4 is 10.0 Å². The number of imidazole rings is 1. The zero-order valence-electron chi connectivity index (χ0n) is 14.1. The van der Waals surface area contributed by atoms with E-state index in [1.807, 2.05) is 6.07 Å². The molecule has 1 aliphatic rings. The summed E-state index contributed by atoms with van der Waals surface area (Å²) in [5.74, 6) is 0.533. The second kappa shape index (κ2) is 7.65. The van der Waals surface area contributed by atoms with Gasteiger partial charge in [0.1, 0.15) is 11.9 Å². The van der Waals surface area contributed by atoms with Gasteiger partial charge in [-0.15, -0.1) is 0 Å². The van der Waals surface area contributed by atoms with E-state index < -0.39 is 16.1 Å². The molecule has 25 heavy (non-hydrogen) atoms. The molecule has 0 bridgehead atoms. The Morgan fingerprint density at radius 2 is 2.16 bits per heavy atom. The molecule has 0 amide bonds. The van der Waals surface area contributed by atoms with Crippen molar-refractivity contribution in [3.8, 4) is 0 Å². The highest BCUT2D eigenvalue weighted by Gasteiger charge is 2.33. The number of methoxy groups -OCH3 is 1. The number of hydrogen-bond acceptors (Lipinski definition) is 5. The van der Waals surface area contributed by atoms with Gasteiger partial charge in [-0.25, -0.2) is 13.4 Å². The van der Waals surface area contributed by atoms with Crippen LogP contribution in [0.3, 0.4) is 0 Å². The topological polar surface area (TPSA) is 95.5 Å². The maximum atomic E-state index is 12.9. The Kier molecular flexibility index (Phi) is 5.53. The molecule has 2 aromatic rings. The van der Waals surface area contributed by atoms with Crippen LogP contribution in [0.25, 0.3) is 0 Å². The van der Waals surface area contributed by atoms with Gasteiger partial charge in [-0.2, -0.15) is 4.31 Å². The zero-order chi connectivity index (χ0) is 17.9. The van der Waals surface area contributed by atoms with Crippen molar-refractivity contribution in [3.05, 3.63) is 48.0 Å². The van der Waals surface area contributed by atoms with Crippen molar-refractivity contribution in [3.63, 3.8) is 0 Å². The molecule has 8 heteroatoms. The van der Waals surface area contributed by atoms with Gasteiger partial charge in [0.05, 0.1) is 11.5 Å². The molecule has 0 radical (unpaired) electrons. The number of piperidine rings is 1. The second-order valence-electron chi connectivity index (χ2n) is 6.24. The van der Waals surface area contributed by atoms with Gasteiger partial charge in [0.2, 0.25) is 10.0 Å². The molecule has 0 saturated carbocycles. The molecule has 1 aromatic heterocycles. The summed E-state index contributed by atoms with van der Waals surface area (Å²) in [4.78, 5) is 7.28. The van der Waals surface area contributed by atoms with Crippen LogP contribution in [-0.4, -0.2) is 48.0 Å². The summed E-state index contributed by atoms with van der Waals surface area (Å²) in [6.45, 7) is 1.15. The monoisotopic (exact) mass is 365 g/mol. The molecule has 1 fully saturated rings. The SMILES string of the molecule is COCc1cccc(S(=O)(=O)N2CCC(C(O)c3ncc[nH]3)CC2)c1. The van der Waals surface area contributed by atoms with Crippen molar-refractivity contribution < 1.29 is 18.3 Å². The standard InChI is InChI=1S/C17H23N3O4S/c1-24-12-13-3-2-4-15(11-13)25(22,23)20-9-5-14(6-10-20)16(21)17-18-7-8-19-17/h2-4,7-8,11,14,16,21H,5-6,9-10,12H2,1H3,(H,18,19). The summed E-state index contributed by atoms with van der Waals surface area (Å²) >= 11 is 0. The molecule has 2 heterocycles. The van der Waals surface area contributed by atoms with E-state index >= 15 is 0 Å². The molecule has 0 spiro atoms. The molecule has 7 nitrogen and oxygen atoms in total. The first-order valence-corrected chi connectivity index (χ1v) is 9.71. The quantitative estimate of drug-likeness (QED) is 0.812. The molecule has 1 atom stereocenters. The van der Waals surface area contributed by atoms with Gasteiger partial charge < -0.3 is 14.8 Å². The molecule has 1 unspecified atom stereocenters. The van der Waals surface area contributed by atoms with Crippen LogP contribution in [0.1, 0.15) is 30.3 Å². The average Bonchev–Trinajstić information content (AvgIpc) is 3.16. The van der Waals surface area contributed by atoms with Crippen molar-refractivity contribution in [2.24, 2.45) is 5.92 Å². The number of aliphatic hydroxyl groups is 1. The van der Waals surface area contributed by atoms with Crippen LogP contribution in [0.4, 0.5) is 0 Å². The van der Waals surface area contributed by atoms with Gasteiger partial charge in [-0.05, 0) is 36.5 Å². The average molecular weight is 365 g/mol. The van der Waals surface area contributed by atoms with E-state index in [0.29, 0.717) is 38.4 Å². The van der Waals surface area contributed by atoms with Crippen LogP contribution in [-0.2, 0) is 21.4 Å². The van der Waals surface area contributed by atoms with E-state index in [1.54, 1.807) is 37.7 Å². The normalized spacial score (nSPS) is 18.3. The fraction of sp³-hybridized carbons (Fsp3) is 0.471. The maximum Gasteiger partial charge on any atom is 0.243 e. The largest absolute Gasteiger partial charge is 0.385 e. The number of ether oxygens (including phenoxy) is 1. The fourth-order valence-corrected chi connectivity index (χ4v) is 4.75. The first kappa shape index (κ1) is 18.1. The van der Waals surface area contributed by atoms with Gasteiger partial charge in [0.15, 0.2) is 0 Å². The van der Waals surface area contributed by atoms with Crippen LogP contribution >= 0.6 is 0 Å². The molecular formula is C17H23N3O4S. The maximum absolute atomic E-state index is 12.9. The Hall–Kier alpha value is -1.74. The lowest BCUT2D eigenvalue weighted by Crippen LogP contribution is -2.39. The van der Waals surface area contributed by atoms with E-state index in [2.05, 4.69) is 9.97 Å². The highest BCUT2D eigenvalue weighted by molar-refractivity contribution is 7.89. The predicted octanol–water partition coefficient (Wildman–Crippen LogP) is 1.69. The highest BCUT2D eigenvalue weighted by Crippen LogP contribution is 2.31. The minimum atomic E-state index is -3.53. The Labute approximate surface area is 147 Å². The third kappa shape index (κ3) is 3.92. The van der Waals surface area contributed by atoms with Crippen molar-refractivity contribution in [1.82, 2.24) is 14.3 Å². The number of aromatic nitrogens is 2. The number of aromatic amines is 1. The Morgan fingerprint density at radius 1 is 1.40 bits per heavy atom. The minimum absolute atomic E-state index is 0.00238. The fourth-order valence-electron chi connectivity index (χ4n) is 3.21. The highest BCUT2D eigenvalue weighted by atomic mass is 32.2. The van der Waals surface area contributed by atoms with E-state index in [1.165, 1.54) is 4.31 Å². The summed E-state index contributed by atoms with van der Waals surface area (Å²) in [5, 5.41) is 10.4. The third-order valence-corrected chi connectivity index (χ3v) is 6.49. The Bertz CT molecular complexity index is 784. The summed E-state index contributed by atoms with van der Waals surface area (Å²) in [6.07, 6.45) is 3.78. The molecule has 2 N–H and O–H groups in total. The van der Waals surface area contributed by atoms with Gasteiger partial charge in [-0.1, -0.05) is 12.1 Å². The summed E-state index contributed by atoms with van der Waals surface area (Å²) in [5.41, 5.74) is 0.826. The molecule has 1 aliphatic heterocycles. The third-order valence-electron chi connectivity index (χ3n) is 4.59. The van der Waals surface area contributed by atoms with Gasteiger partial charge >= 0.3 is 0 Å². The van der Waals surface area contributed by atoms with Crippen LogP contribution in [0.15, 0.2) is 41.6 Å². The number of benzene rings is 1. The van der Waals surface area contributed by atoms with Crippen LogP contribution in [0.2, 0.25) is 0 Å². The van der Waals surface area contributed by atoms with E-state index in [9.17, 15) is 13.5 Å². The second-order valence-corrected chi connectivity index (χ2v) is 8.18. The van der Waals surface area contributed by atoms with E-state index in [0.717, 1.165) is 5.56 Å². The van der Waals surface area contributed by atoms with Gasteiger partial charge in [0, 0.05) is 32.6 Å².